The van der Waals surface area contributed by atoms with Crippen LogP contribution in [-0.4, -0.2) is 32.2 Å². The van der Waals surface area contributed by atoms with E-state index in [2.05, 4.69) is 44.9 Å². The van der Waals surface area contributed by atoms with Crippen LogP contribution in [0.4, 0.5) is 13.2 Å². The first kappa shape index (κ1) is 13.7. The molecule has 0 spiro atoms. The lowest BCUT2D eigenvalue weighted by Gasteiger charge is -2.12. The van der Waals surface area contributed by atoms with Crippen molar-refractivity contribution in [2.45, 2.75) is 66.5 Å². The van der Waals surface area contributed by atoms with Crippen LogP contribution in [-0.2, 0) is 0 Å². The molecule has 0 aromatic rings. The summed E-state index contributed by atoms with van der Waals surface area (Å²) in [5.41, 5.74) is -2.15. The average Bonchev–Trinajstić information content (AvgIpc) is 3.16. The first-order valence-corrected chi connectivity index (χ1v) is 7.70. The average molecular weight is 387 g/mol. The summed E-state index contributed by atoms with van der Waals surface area (Å²) in [7, 11) is 0. The summed E-state index contributed by atoms with van der Waals surface area (Å²) < 4.78 is 40.3. The summed E-state index contributed by atoms with van der Waals surface area (Å²) in [6.45, 7) is 2.09. The van der Waals surface area contributed by atoms with E-state index in [1.54, 1.807) is 0 Å². The molecule has 1 fully saturated rings. The number of fused-ring (bicyclic) bond motifs is 1. The molecule has 3 rings (SSSR count). The van der Waals surface area contributed by atoms with E-state index in [1.165, 1.54) is 4.70 Å². The zero-order valence-electron chi connectivity index (χ0n) is 10.5. The smallest absolute Gasteiger partial charge is 0.162 e. The van der Waals surface area contributed by atoms with Gasteiger partial charge in [0.1, 0.15) is 0 Å². The normalized spacial score (nSPS) is 35.8. The Bertz CT molecular complexity index is 453. The quantitative estimate of drug-likeness (QED) is 0.388. The molecule has 0 aromatic heterocycles. The summed E-state index contributed by atoms with van der Waals surface area (Å²) in [4.78, 5) is 0. The van der Waals surface area contributed by atoms with Crippen LogP contribution < -0.4 is 0 Å². The van der Waals surface area contributed by atoms with Gasteiger partial charge in [-0.25, -0.2) is 0 Å². The monoisotopic (exact) mass is 387 g/mol. The largest absolute Gasteiger partial charge is 0.486 e. The molecule has 3 atom stereocenters. The van der Waals surface area contributed by atoms with Gasteiger partial charge in [-0.2, -0.15) is 23.4 Å². The van der Waals surface area contributed by atoms with Crippen molar-refractivity contribution in [2.24, 2.45) is 15.3 Å². The first-order chi connectivity index (χ1) is 8.78. The van der Waals surface area contributed by atoms with Gasteiger partial charge in [-0.05, 0) is 0 Å². The molecule has 4 nitrogen and oxygen atoms in total. The van der Waals surface area contributed by atoms with Crippen LogP contribution in [0.5, 0.6) is 0 Å². The molecule has 106 valence electrons. The van der Waals surface area contributed by atoms with Gasteiger partial charge in [0, 0.05) is 29.6 Å². The van der Waals surface area contributed by atoms with Gasteiger partial charge in [0.05, 0.1) is 11.5 Å². The third-order valence-electron chi connectivity index (χ3n) is 4.11. The fourth-order valence-electron chi connectivity index (χ4n) is 2.99. The van der Waals surface area contributed by atoms with Crippen LogP contribution >= 0.6 is 22.6 Å². The van der Waals surface area contributed by atoms with Crippen molar-refractivity contribution in [3.05, 3.63) is 0 Å². The molecule has 0 bridgehead atoms. The van der Waals surface area contributed by atoms with Crippen molar-refractivity contribution >= 4 is 22.6 Å². The van der Waals surface area contributed by atoms with Gasteiger partial charge >= 0.3 is 11.8 Å². The highest BCUT2D eigenvalue weighted by Gasteiger charge is 2.82. The van der Waals surface area contributed by atoms with Crippen molar-refractivity contribution in [1.82, 2.24) is 0 Å². The lowest BCUT2D eigenvalue weighted by Crippen LogP contribution is -2.36. The maximum Gasteiger partial charge on any atom is 0.486 e. The second kappa shape index (κ2) is 4.11. The Kier molecular flexibility index (Phi) is 2.96. The molecule has 3 aliphatic rings. The van der Waals surface area contributed by atoms with Gasteiger partial charge in [0.25, 0.3) is 0 Å². The van der Waals surface area contributed by atoms with Crippen molar-refractivity contribution < 1.29 is 17.9 Å². The summed E-state index contributed by atoms with van der Waals surface area (Å²) in [5, 5.41) is 11.8. The lowest BCUT2D eigenvalue weighted by atomic mass is 9.98. The van der Waals surface area contributed by atoms with E-state index in [-0.39, 0.29) is 18.1 Å². The van der Waals surface area contributed by atoms with E-state index in [0.29, 0.717) is 16.8 Å². The van der Waals surface area contributed by atoms with Crippen LogP contribution in [0.2, 0.25) is 0 Å². The summed E-state index contributed by atoms with van der Waals surface area (Å²) in [6, 6.07) is -0.0889. The van der Waals surface area contributed by atoms with Gasteiger partial charge in [0.2, 0.25) is 0 Å². The minimum atomic E-state index is -4.23. The Hall–Kier alpha value is -0.280. The molecule has 0 N–H and O–H groups in total. The summed E-state index contributed by atoms with van der Waals surface area (Å²) in [5.74, 6) is 0. The zero-order chi connectivity index (χ0) is 13.9. The van der Waals surface area contributed by atoms with Crippen LogP contribution in [0.1, 0.15) is 39.0 Å². The SMILES string of the molecule is CC(I)CC1(CCC2CCC3(C(F)(F)F)N=[N+]23)N=N1. The highest BCUT2D eigenvalue weighted by atomic mass is 127. The van der Waals surface area contributed by atoms with Crippen LogP contribution in [0.15, 0.2) is 15.3 Å². The number of alkyl halides is 4. The molecule has 0 aromatic carbocycles. The Morgan fingerprint density at radius 2 is 2.11 bits per heavy atom. The first-order valence-electron chi connectivity index (χ1n) is 6.45. The van der Waals surface area contributed by atoms with Crippen LogP contribution in [0.3, 0.4) is 0 Å². The van der Waals surface area contributed by atoms with Gasteiger partial charge in [-0.3, -0.25) is 0 Å². The van der Waals surface area contributed by atoms with Gasteiger partial charge in [0.15, 0.2) is 11.7 Å². The number of halogens is 4. The standard InChI is InChI=1S/C11H15F3IN4/c1-7(15)6-9(16-17-9)4-2-8-3-5-10(11(12,13)14)18-19(8)10/h7-8H,2-6H2,1H3/q+1. The molecule has 19 heavy (non-hydrogen) atoms. The molecular weight excluding hydrogens is 372 g/mol. The highest BCUT2D eigenvalue weighted by molar-refractivity contribution is 14.1. The molecule has 3 heterocycles. The number of hydrogen-bond donors (Lipinski definition) is 0. The minimum absolute atomic E-state index is 0.0889. The van der Waals surface area contributed by atoms with Crippen molar-refractivity contribution in [3.8, 4) is 0 Å². The molecule has 0 amide bonds. The fourth-order valence-corrected chi connectivity index (χ4v) is 3.70. The topological polar surface area (TPSA) is 40.1 Å². The maximum atomic E-state index is 12.8. The third kappa shape index (κ3) is 2.29. The second-order valence-electron chi connectivity index (χ2n) is 5.66. The van der Waals surface area contributed by atoms with E-state index >= 15 is 0 Å². The molecule has 3 unspecified atom stereocenters. The molecule has 3 aliphatic heterocycles. The van der Waals surface area contributed by atoms with Crippen LogP contribution in [0, 0.1) is 0 Å². The summed E-state index contributed by atoms with van der Waals surface area (Å²) in [6.07, 6.45) is -1.25. The molecular formula is C11H15F3IN4+. The highest BCUT2D eigenvalue weighted by Crippen LogP contribution is 2.54. The van der Waals surface area contributed by atoms with Crippen LogP contribution in [0.25, 0.3) is 0 Å². The van der Waals surface area contributed by atoms with E-state index in [0.717, 1.165) is 12.8 Å². The predicted octanol–water partition coefficient (Wildman–Crippen LogP) is 4.04. The number of hydrogen-bond acceptors (Lipinski definition) is 3. The van der Waals surface area contributed by atoms with Gasteiger partial charge in [-0.15, -0.1) is 0 Å². The molecule has 0 radical (unpaired) electrons. The number of nitrogens with zero attached hydrogens (tertiary/aromatic N) is 4. The lowest BCUT2D eigenvalue weighted by molar-refractivity contribution is -0.564. The Balaban J connectivity index is 1.53. The van der Waals surface area contributed by atoms with Crippen molar-refractivity contribution in [2.75, 3.05) is 0 Å². The van der Waals surface area contributed by atoms with E-state index in [9.17, 15) is 13.2 Å². The van der Waals surface area contributed by atoms with E-state index in [4.69, 9.17) is 0 Å². The van der Waals surface area contributed by atoms with E-state index in [1.807, 2.05) is 0 Å². The Morgan fingerprint density at radius 1 is 1.42 bits per heavy atom. The number of azo groups is 1. The van der Waals surface area contributed by atoms with Crippen molar-refractivity contribution in [3.63, 3.8) is 0 Å². The van der Waals surface area contributed by atoms with Gasteiger partial charge < -0.3 is 0 Å². The minimum Gasteiger partial charge on any atom is -0.162 e. The molecule has 0 aliphatic carbocycles. The summed E-state index contributed by atoms with van der Waals surface area (Å²) >= 11 is 2.32. The third-order valence-corrected chi connectivity index (χ3v) is 4.55. The zero-order valence-corrected chi connectivity index (χ0v) is 12.6. The van der Waals surface area contributed by atoms with Gasteiger partial charge in [-0.1, -0.05) is 34.2 Å². The van der Waals surface area contributed by atoms with E-state index < -0.39 is 11.8 Å². The molecule has 8 heteroatoms. The van der Waals surface area contributed by atoms with Crippen molar-refractivity contribution in [1.29, 1.82) is 0 Å². The second-order valence-corrected chi connectivity index (χ2v) is 7.78. The maximum absolute atomic E-state index is 12.8. The Morgan fingerprint density at radius 3 is 2.53 bits per heavy atom. The molecule has 0 saturated carbocycles. The fraction of sp³-hybridized carbons (Fsp3) is 1.00. The molecule has 1 saturated heterocycles. The predicted molar refractivity (Wildman–Crippen MR) is 69.4 cm³/mol. The Labute approximate surface area is 122 Å². The number of rotatable bonds is 5.